The van der Waals surface area contributed by atoms with E-state index in [1.807, 2.05) is 60.7 Å². The van der Waals surface area contributed by atoms with E-state index in [-0.39, 0.29) is 11.9 Å². The molecule has 0 bridgehead atoms. The predicted octanol–water partition coefficient (Wildman–Crippen LogP) is 4.94. The van der Waals surface area contributed by atoms with Crippen LogP contribution in [0.25, 0.3) is 22.2 Å². The number of aromatic nitrogens is 3. The number of amides is 1. The average Bonchev–Trinajstić information content (AvgIpc) is 2.96. The SMILES string of the molecule is CC(C)C1CN(c2ccc(-c3cccc(C(=O)N(C)C)c3)nn2)CCN1C(=S)Nc1cccc2ncccc12. The van der Waals surface area contributed by atoms with Crippen LogP contribution in [0.3, 0.4) is 0 Å². The number of nitrogens with one attached hydrogen (secondary N) is 1. The quantitative estimate of drug-likeness (QED) is 0.358. The summed E-state index contributed by atoms with van der Waals surface area (Å²) >= 11 is 5.91. The standard InChI is InChI=1S/C30H33N7OS/c1-20(2)27-19-36(16-17-37(27)30(39)32-26-12-6-11-25-23(26)10-7-15-31-25)28-14-13-24(33-34-28)21-8-5-9-22(18-21)29(38)35(3)4/h5-15,18,20,27H,16-17,19H2,1-4H3,(H,32,39). The molecule has 1 unspecified atom stereocenters. The molecule has 2 aromatic heterocycles. The van der Waals surface area contributed by atoms with Crippen LogP contribution in [0.4, 0.5) is 11.5 Å². The second-order valence-electron chi connectivity index (χ2n) is 10.3. The summed E-state index contributed by atoms with van der Waals surface area (Å²) in [6, 6.07) is 21.7. The minimum Gasteiger partial charge on any atom is -0.351 e. The minimum atomic E-state index is -0.0384. The van der Waals surface area contributed by atoms with Crippen molar-refractivity contribution >= 4 is 45.6 Å². The number of rotatable bonds is 5. The van der Waals surface area contributed by atoms with E-state index in [9.17, 15) is 4.79 Å². The highest BCUT2D eigenvalue weighted by Crippen LogP contribution is 2.26. The molecule has 1 aliphatic rings. The van der Waals surface area contributed by atoms with Gasteiger partial charge in [0.1, 0.15) is 0 Å². The van der Waals surface area contributed by atoms with Crippen LogP contribution >= 0.6 is 12.2 Å². The van der Waals surface area contributed by atoms with Crippen LogP contribution in [0.5, 0.6) is 0 Å². The summed E-state index contributed by atoms with van der Waals surface area (Å²) in [4.78, 5) is 23.0. The Morgan fingerprint density at radius 1 is 1.03 bits per heavy atom. The normalized spacial score (nSPS) is 15.5. The highest BCUT2D eigenvalue weighted by atomic mass is 32.1. The summed E-state index contributed by atoms with van der Waals surface area (Å²) < 4.78 is 0. The molecule has 4 aromatic rings. The smallest absolute Gasteiger partial charge is 0.253 e. The molecule has 0 aliphatic carbocycles. The molecule has 1 aliphatic heterocycles. The topological polar surface area (TPSA) is 77.5 Å². The Morgan fingerprint density at radius 3 is 2.59 bits per heavy atom. The predicted molar refractivity (Wildman–Crippen MR) is 161 cm³/mol. The molecule has 0 radical (unpaired) electrons. The number of hydrogen-bond donors (Lipinski definition) is 1. The Labute approximate surface area is 234 Å². The Kier molecular flexibility index (Phi) is 7.70. The van der Waals surface area contributed by atoms with Gasteiger partial charge in [0.2, 0.25) is 0 Å². The van der Waals surface area contributed by atoms with Gasteiger partial charge in [0.05, 0.1) is 17.3 Å². The van der Waals surface area contributed by atoms with Gasteiger partial charge in [-0.05, 0) is 66.7 Å². The van der Waals surface area contributed by atoms with Crippen molar-refractivity contribution in [3.05, 3.63) is 78.5 Å². The number of benzene rings is 2. The van der Waals surface area contributed by atoms with Gasteiger partial charge >= 0.3 is 0 Å². The number of hydrogen-bond acceptors (Lipinski definition) is 6. The first-order chi connectivity index (χ1) is 18.8. The third kappa shape index (κ3) is 5.68. The van der Waals surface area contributed by atoms with Crippen molar-refractivity contribution in [2.45, 2.75) is 19.9 Å². The van der Waals surface area contributed by atoms with Crippen molar-refractivity contribution in [2.24, 2.45) is 5.92 Å². The zero-order valence-corrected chi connectivity index (χ0v) is 23.5. The molecule has 5 rings (SSSR count). The molecule has 200 valence electrons. The molecular weight excluding hydrogens is 506 g/mol. The number of carbonyl (C=O) groups is 1. The third-order valence-corrected chi connectivity index (χ3v) is 7.46. The Hall–Kier alpha value is -4.11. The van der Waals surface area contributed by atoms with Gasteiger partial charge in [-0.15, -0.1) is 10.2 Å². The molecule has 1 N–H and O–H groups in total. The van der Waals surface area contributed by atoms with Crippen LogP contribution in [0.15, 0.2) is 72.9 Å². The van der Waals surface area contributed by atoms with Gasteiger partial charge in [0.25, 0.3) is 5.91 Å². The van der Waals surface area contributed by atoms with Gasteiger partial charge in [-0.3, -0.25) is 9.78 Å². The van der Waals surface area contributed by atoms with E-state index in [0.29, 0.717) is 11.5 Å². The lowest BCUT2D eigenvalue weighted by Gasteiger charge is -2.45. The summed E-state index contributed by atoms with van der Waals surface area (Å²) in [5, 5.41) is 14.3. The van der Waals surface area contributed by atoms with Crippen molar-refractivity contribution in [1.29, 1.82) is 0 Å². The Morgan fingerprint density at radius 2 is 1.85 bits per heavy atom. The van der Waals surface area contributed by atoms with Gasteiger partial charge in [-0.25, -0.2) is 0 Å². The molecule has 9 heteroatoms. The van der Waals surface area contributed by atoms with Gasteiger partial charge in [0.15, 0.2) is 10.9 Å². The summed E-state index contributed by atoms with van der Waals surface area (Å²) in [7, 11) is 3.50. The van der Waals surface area contributed by atoms with Crippen molar-refractivity contribution in [3.8, 4) is 11.3 Å². The number of anilines is 2. The van der Waals surface area contributed by atoms with Crippen molar-refractivity contribution in [2.75, 3.05) is 43.9 Å². The van der Waals surface area contributed by atoms with Crippen molar-refractivity contribution in [3.63, 3.8) is 0 Å². The van der Waals surface area contributed by atoms with E-state index in [1.54, 1.807) is 25.2 Å². The maximum atomic E-state index is 12.4. The third-order valence-electron chi connectivity index (χ3n) is 7.12. The Balaban J connectivity index is 1.30. The first-order valence-corrected chi connectivity index (χ1v) is 13.5. The van der Waals surface area contributed by atoms with E-state index in [2.05, 4.69) is 50.2 Å². The van der Waals surface area contributed by atoms with Crippen LogP contribution in [0, 0.1) is 5.92 Å². The second kappa shape index (κ2) is 11.3. The zero-order valence-electron chi connectivity index (χ0n) is 22.7. The fourth-order valence-electron chi connectivity index (χ4n) is 4.96. The van der Waals surface area contributed by atoms with E-state index in [4.69, 9.17) is 12.2 Å². The summed E-state index contributed by atoms with van der Waals surface area (Å²) in [6.07, 6.45) is 1.80. The lowest BCUT2D eigenvalue weighted by molar-refractivity contribution is 0.0827. The first-order valence-electron chi connectivity index (χ1n) is 13.1. The molecule has 2 aromatic carbocycles. The number of carbonyl (C=O) groups excluding carboxylic acids is 1. The molecule has 1 atom stereocenters. The fourth-order valence-corrected chi connectivity index (χ4v) is 5.29. The average molecular weight is 540 g/mol. The van der Waals surface area contributed by atoms with E-state index in [0.717, 1.165) is 58.4 Å². The molecule has 0 saturated carbocycles. The van der Waals surface area contributed by atoms with Crippen LogP contribution in [-0.2, 0) is 0 Å². The Bertz CT molecular complexity index is 1480. The summed E-state index contributed by atoms with van der Waals surface area (Å²) in [5.74, 6) is 1.18. The van der Waals surface area contributed by atoms with Crippen LogP contribution in [0.1, 0.15) is 24.2 Å². The second-order valence-corrected chi connectivity index (χ2v) is 10.7. The van der Waals surface area contributed by atoms with Gasteiger partial charge in [-0.1, -0.05) is 32.0 Å². The summed E-state index contributed by atoms with van der Waals surface area (Å²) in [5.41, 5.74) is 4.14. The van der Waals surface area contributed by atoms with Gasteiger partial charge in [-0.2, -0.15) is 0 Å². The van der Waals surface area contributed by atoms with E-state index in [1.165, 1.54) is 0 Å². The number of nitrogens with zero attached hydrogens (tertiary/aromatic N) is 6. The minimum absolute atomic E-state index is 0.0384. The van der Waals surface area contributed by atoms with Crippen molar-refractivity contribution in [1.82, 2.24) is 25.0 Å². The fraction of sp³-hybridized carbons (Fsp3) is 0.300. The zero-order chi connectivity index (χ0) is 27.5. The van der Waals surface area contributed by atoms with Gasteiger partial charge in [0, 0.05) is 62.1 Å². The lowest BCUT2D eigenvalue weighted by atomic mass is 10.00. The monoisotopic (exact) mass is 539 g/mol. The molecular formula is C30H33N7OS. The number of piperazine rings is 1. The molecule has 8 nitrogen and oxygen atoms in total. The van der Waals surface area contributed by atoms with Crippen LogP contribution < -0.4 is 10.2 Å². The highest BCUT2D eigenvalue weighted by molar-refractivity contribution is 7.80. The number of pyridine rings is 1. The molecule has 3 heterocycles. The van der Waals surface area contributed by atoms with Crippen LogP contribution in [0.2, 0.25) is 0 Å². The summed E-state index contributed by atoms with van der Waals surface area (Å²) in [6.45, 7) is 6.79. The molecule has 1 saturated heterocycles. The lowest BCUT2D eigenvalue weighted by Crippen LogP contribution is -2.58. The van der Waals surface area contributed by atoms with E-state index >= 15 is 0 Å². The van der Waals surface area contributed by atoms with Crippen LogP contribution in [-0.4, -0.2) is 75.8 Å². The van der Waals surface area contributed by atoms with Crippen molar-refractivity contribution < 1.29 is 4.79 Å². The first kappa shape index (κ1) is 26.5. The van der Waals surface area contributed by atoms with E-state index < -0.39 is 0 Å². The maximum Gasteiger partial charge on any atom is 0.253 e. The molecule has 1 fully saturated rings. The highest BCUT2D eigenvalue weighted by Gasteiger charge is 2.32. The molecule has 0 spiro atoms. The molecule has 1 amide bonds. The van der Waals surface area contributed by atoms with Gasteiger partial charge < -0.3 is 20.0 Å². The largest absolute Gasteiger partial charge is 0.351 e. The maximum absolute atomic E-state index is 12.4. The molecule has 39 heavy (non-hydrogen) atoms. The number of fused-ring (bicyclic) bond motifs is 1. The number of thiocarbonyl (C=S) groups is 1.